The van der Waals surface area contributed by atoms with Crippen LogP contribution >= 0.6 is 0 Å². The minimum absolute atomic E-state index is 0.166. The summed E-state index contributed by atoms with van der Waals surface area (Å²) in [5, 5.41) is 7.83. The minimum Gasteiger partial charge on any atom is -0.471 e. The Morgan fingerprint density at radius 3 is 2.64 bits per heavy atom. The van der Waals surface area contributed by atoms with Crippen LogP contribution in [0.4, 0.5) is 0 Å². The Hall–Kier alpha value is -0.770. The lowest BCUT2D eigenvalue weighted by Crippen LogP contribution is -2.50. The lowest BCUT2D eigenvalue weighted by Gasteiger charge is -2.45. The summed E-state index contributed by atoms with van der Waals surface area (Å²) in [6.45, 7) is 2.79. The molecular formula is C18H30N2O2. The van der Waals surface area contributed by atoms with Crippen molar-refractivity contribution in [3.8, 4) is 0 Å². The summed E-state index contributed by atoms with van der Waals surface area (Å²) in [5.41, 5.74) is 0.166. The predicted molar refractivity (Wildman–Crippen MR) is 86.7 cm³/mol. The third-order valence-electron chi connectivity index (χ3n) is 6.48. The van der Waals surface area contributed by atoms with Crippen molar-refractivity contribution in [1.82, 2.24) is 5.32 Å². The Bertz CT molecular complexity index is 417. The molecule has 0 aromatic carbocycles. The van der Waals surface area contributed by atoms with Gasteiger partial charge < -0.3 is 14.9 Å². The molecule has 4 heteroatoms. The molecule has 3 atom stereocenters. The molecule has 124 valence electrons. The maximum atomic E-state index is 6.35. The molecule has 1 saturated heterocycles. The topological polar surface area (TPSA) is 42.8 Å². The van der Waals surface area contributed by atoms with Crippen LogP contribution in [0.15, 0.2) is 5.16 Å². The van der Waals surface area contributed by atoms with E-state index in [4.69, 9.17) is 9.57 Å². The molecule has 3 fully saturated rings. The predicted octanol–water partition coefficient (Wildman–Crippen LogP) is 3.47. The van der Waals surface area contributed by atoms with Gasteiger partial charge in [0.2, 0.25) is 5.90 Å². The molecule has 22 heavy (non-hydrogen) atoms. The first-order valence-corrected chi connectivity index (χ1v) is 9.45. The summed E-state index contributed by atoms with van der Waals surface area (Å²) in [6.07, 6.45) is 13.7. The fourth-order valence-corrected chi connectivity index (χ4v) is 4.92. The largest absolute Gasteiger partial charge is 0.471 e. The van der Waals surface area contributed by atoms with E-state index in [1.165, 1.54) is 57.8 Å². The maximum Gasteiger partial charge on any atom is 0.233 e. The number of hydrogen-bond acceptors (Lipinski definition) is 4. The monoisotopic (exact) mass is 306 g/mol. The smallest absolute Gasteiger partial charge is 0.233 e. The van der Waals surface area contributed by atoms with Crippen molar-refractivity contribution < 1.29 is 9.57 Å². The van der Waals surface area contributed by atoms with E-state index in [9.17, 15) is 0 Å². The summed E-state index contributed by atoms with van der Waals surface area (Å²) in [4.78, 5) is 5.59. The van der Waals surface area contributed by atoms with Crippen molar-refractivity contribution in [2.24, 2.45) is 22.4 Å². The zero-order valence-corrected chi connectivity index (χ0v) is 13.7. The lowest BCUT2D eigenvalue weighted by atomic mass is 9.62. The zero-order chi connectivity index (χ0) is 14.8. The van der Waals surface area contributed by atoms with Gasteiger partial charge in [0.25, 0.3) is 0 Å². The molecule has 0 amide bonds. The summed E-state index contributed by atoms with van der Waals surface area (Å²) in [6, 6.07) is 0. The van der Waals surface area contributed by atoms with Gasteiger partial charge in [0.05, 0.1) is 5.41 Å². The molecule has 0 aromatic rings. The van der Waals surface area contributed by atoms with E-state index in [-0.39, 0.29) is 11.5 Å². The Morgan fingerprint density at radius 1 is 1.09 bits per heavy atom. The molecule has 4 rings (SSSR count). The van der Waals surface area contributed by atoms with Gasteiger partial charge in [-0.3, -0.25) is 0 Å². The minimum atomic E-state index is 0.166. The second kappa shape index (κ2) is 6.38. The highest BCUT2D eigenvalue weighted by atomic mass is 16.7. The van der Waals surface area contributed by atoms with Gasteiger partial charge in [-0.05, 0) is 37.6 Å². The molecule has 0 spiro atoms. The van der Waals surface area contributed by atoms with Gasteiger partial charge in [0.15, 0.2) is 6.61 Å². The molecule has 2 saturated carbocycles. The second-order valence-corrected chi connectivity index (χ2v) is 7.90. The van der Waals surface area contributed by atoms with E-state index in [2.05, 4.69) is 10.5 Å². The molecular weight excluding hydrogens is 276 g/mol. The first-order valence-electron chi connectivity index (χ1n) is 9.45. The number of oxime groups is 1. The average Bonchev–Trinajstić information content (AvgIpc) is 2.78. The molecule has 4 aliphatic rings. The fourth-order valence-electron chi connectivity index (χ4n) is 4.92. The van der Waals surface area contributed by atoms with E-state index in [1.54, 1.807) is 0 Å². The first-order chi connectivity index (χ1) is 10.9. The number of ether oxygens (including phenoxy) is 1. The van der Waals surface area contributed by atoms with E-state index in [0.29, 0.717) is 6.61 Å². The Balaban J connectivity index is 1.35. The Kier molecular flexibility index (Phi) is 4.29. The van der Waals surface area contributed by atoms with Crippen LogP contribution in [0.2, 0.25) is 0 Å². The number of rotatable bonds is 3. The Labute approximate surface area is 134 Å². The van der Waals surface area contributed by atoms with Crippen molar-refractivity contribution in [2.45, 2.75) is 70.3 Å². The molecule has 2 heterocycles. The van der Waals surface area contributed by atoms with Crippen LogP contribution in [0.5, 0.6) is 0 Å². The number of hydrogen-bond donors (Lipinski definition) is 1. The molecule has 1 unspecified atom stereocenters. The molecule has 2 aliphatic heterocycles. The SMILES string of the molecule is C1CCCC(CC2CON=C([C@]34CC[C@H]3CNC4)O2)CCC1. The van der Waals surface area contributed by atoms with Crippen LogP contribution in [-0.2, 0) is 9.57 Å². The summed E-state index contributed by atoms with van der Waals surface area (Å²) in [7, 11) is 0. The third kappa shape index (κ3) is 2.75. The van der Waals surface area contributed by atoms with Gasteiger partial charge in [-0.15, -0.1) is 0 Å². The van der Waals surface area contributed by atoms with Gasteiger partial charge in [-0.1, -0.05) is 50.1 Å². The lowest BCUT2D eigenvalue weighted by molar-refractivity contribution is -0.0286. The van der Waals surface area contributed by atoms with Crippen LogP contribution in [0.3, 0.4) is 0 Å². The van der Waals surface area contributed by atoms with E-state index in [1.807, 2.05) is 0 Å². The number of nitrogens with one attached hydrogen (secondary N) is 1. The van der Waals surface area contributed by atoms with Crippen LogP contribution in [-0.4, -0.2) is 31.7 Å². The summed E-state index contributed by atoms with van der Waals surface area (Å²) < 4.78 is 6.35. The van der Waals surface area contributed by atoms with Gasteiger partial charge in [-0.2, -0.15) is 0 Å². The van der Waals surface area contributed by atoms with Crippen molar-refractivity contribution in [1.29, 1.82) is 0 Å². The van der Waals surface area contributed by atoms with Crippen molar-refractivity contribution in [2.75, 3.05) is 19.7 Å². The highest BCUT2D eigenvalue weighted by Crippen LogP contribution is 2.51. The van der Waals surface area contributed by atoms with Crippen molar-refractivity contribution >= 4 is 5.90 Å². The molecule has 0 bridgehead atoms. The maximum absolute atomic E-state index is 6.35. The average molecular weight is 306 g/mol. The second-order valence-electron chi connectivity index (χ2n) is 7.90. The third-order valence-corrected chi connectivity index (χ3v) is 6.48. The van der Waals surface area contributed by atoms with Crippen molar-refractivity contribution in [3.63, 3.8) is 0 Å². The first kappa shape index (κ1) is 14.8. The van der Waals surface area contributed by atoms with Gasteiger partial charge in [0.1, 0.15) is 6.10 Å². The molecule has 2 aliphatic carbocycles. The summed E-state index contributed by atoms with van der Waals surface area (Å²) >= 11 is 0. The van der Waals surface area contributed by atoms with E-state index >= 15 is 0 Å². The number of nitrogens with zero attached hydrogens (tertiary/aromatic N) is 1. The van der Waals surface area contributed by atoms with Crippen molar-refractivity contribution in [3.05, 3.63) is 0 Å². The fraction of sp³-hybridized carbons (Fsp3) is 0.944. The summed E-state index contributed by atoms with van der Waals surface area (Å²) in [5.74, 6) is 2.45. The van der Waals surface area contributed by atoms with E-state index < -0.39 is 0 Å². The molecule has 1 N–H and O–H groups in total. The molecule has 0 aromatic heterocycles. The highest BCUT2D eigenvalue weighted by Gasteiger charge is 2.56. The van der Waals surface area contributed by atoms with E-state index in [0.717, 1.165) is 37.2 Å². The van der Waals surface area contributed by atoms with Gasteiger partial charge in [0, 0.05) is 6.54 Å². The number of fused-ring (bicyclic) bond motifs is 1. The Morgan fingerprint density at radius 2 is 1.91 bits per heavy atom. The van der Waals surface area contributed by atoms with Gasteiger partial charge in [-0.25, -0.2) is 0 Å². The molecule has 0 radical (unpaired) electrons. The van der Waals surface area contributed by atoms with Crippen LogP contribution in [0, 0.1) is 17.3 Å². The zero-order valence-electron chi connectivity index (χ0n) is 13.7. The normalized spacial score (nSPS) is 39.5. The van der Waals surface area contributed by atoms with Gasteiger partial charge >= 0.3 is 0 Å². The van der Waals surface area contributed by atoms with Crippen LogP contribution in [0.1, 0.15) is 64.2 Å². The van der Waals surface area contributed by atoms with Crippen LogP contribution in [0.25, 0.3) is 0 Å². The molecule has 4 nitrogen and oxygen atoms in total. The quantitative estimate of drug-likeness (QED) is 0.868. The standard InChI is InChI=1S/C18H30N2O2/c1-2-4-6-14(7-5-3-1)10-16-12-21-20-17(22-16)18-9-8-15(18)11-19-13-18/h14-16,19H,1-13H2/t15-,16?,18-/m0/s1. The van der Waals surface area contributed by atoms with Crippen LogP contribution < -0.4 is 5.32 Å². The highest BCUT2D eigenvalue weighted by molar-refractivity contribution is 5.85.